The van der Waals surface area contributed by atoms with Gasteiger partial charge in [0.15, 0.2) is 0 Å². The zero-order chi connectivity index (χ0) is 11.5. The Morgan fingerprint density at radius 3 is 3.06 bits per heavy atom. The molecule has 0 aliphatic heterocycles. The van der Waals surface area contributed by atoms with E-state index in [0.717, 1.165) is 10.2 Å². The van der Waals surface area contributed by atoms with Crippen molar-refractivity contribution in [3.63, 3.8) is 0 Å². The third kappa shape index (κ3) is 2.28. The molecule has 0 spiro atoms. The molecule has 1 aromatic carbocycles. The van der Waals surface area contributed by atoms with Crippen LogP contribution in [0, 0.1) is 5.82 Å². The van der Waals surface area contributed by atoms with Gasteiger partial charge < -0.3 is 5.32 Å². The molecule has 0 amide bonds. The van der Waals surface area contributed by atoms with Crippen LogP contribution in [0.2, 0.25) is 0 Å². The van der Waals surface area contributed by atoms with Crippen molar-refractivity contribution in [3.05, 3.63) is 40.4 Å². The molecule has 6 heteroatoms. The molecule has 1 aromatic heterocycles. The number of benzene rings is 1. The van der Waals surface area contributed by atoms with Gasteiger partial charge >= 0.3 is 0 Å². The first-order valence-electron chi connectivity index (χ1n) is 4.72. The molecule has 0 saturated heterocycles. The van der Waals surface area contributed by atoms with Gasteiger partial charge in [0.05, 0.1) is 11.9 Å². The van der Waals surface area contributed by atoms with E-state index < -0.39 is 0 Å². The predicted octanol–water partition coefficient (Wildman–Crippen LogP) is 1.89. The van der Waals surface area contributed by atoms with Gasteiger partial charge in [-0.25, -0.2) is 9.07 Å². The van der Waals surface area contributed by atoms with E-state index in [1.54, 1.807) is 18.3 Å². The van der Waals surface area contributed by atoms with Crippen LogP contribution in [-0.4, -0.2) is 22.0 Å². The maximum Gasteiger partial charge on any atom is 0.148 e. The SMILES string of the molecule is CNCc1cn(-c2cc(Br)ccc2F)nn1. The second kappa shape index (κ2) is 4.71. The summed E-state index contributed by atoms with van der Waals surface area (Å²) < 4.78 is 15.7. The van der Waals surface area contributed by atoms with Gasteiger partial charge in [0, 0.05) is 11.0 Å². The summed E-state index contributed by atoms with van der Waals surface area (Å²) in [6.45, 7) is 0.607. The summed E-state index contributed by atoms with van der Waals surface area (Å²) in [6.07, 6.45) is 1.70. The van der Waals surface area contributed by atoms with E-state index in [1.165, 1.54) is 10.7 Å². The largest absolute Gasteiger partial charge is 0.314 e. The van der Waals surface area contributed by atoms with Crippen molar-refractivity contribution in [3.8, 4) is 5.69 Å². The molecule has 0 aliphatic rings. The van der Waals surface area contributed by atoms with E-state index in [9.17, 15) is 4.39 Å². The molecule has 0 fully saturated rings. The molecular weight excluding hydrogens is 275 g/mol. The van der Waals surface area contributed by atoms with Crippen molar-refractivity contribution in [2.24, 2.45) is 0 Å². The molecule has 0 bridgehead atoms. The van der Waals surface area contributed by atoms with Crippen LogP contribution in [0.5, 0.6) is 0 Å². The van der Waals surface area contributed by atoms with Gasteiger partial charge in [-0.3, -0.25) is 0 Å². The summed E-state index contributed by atoms with van der Waals surface area (Å²) in [5.74, 6) is -0.330. The maximum atomic E-state index is 13.5. The number of nitrogens with zero attached hydrogens (tertiary/aromatic N) is 3. The Morgan fingerprint density at radius 1 is 1.50 bits per heavy atom. The Morgan fingerprint density at radius 2 is 2.31 bits per heavy atom. The van der Waals surface area contributed by atoms with Gasteiger partial charge in [-0.2, -0.15) is 0 Å². The van der Waals surface area contributed by atoms with Crippen molar-refractivity contribution in [2.75, 3.05) is 7.05 Å². The molecule has 0 radical (unpaired) electrons. The van der Waals surface area contributed by atoms with Crippen LogP contribution < -0.4 is 5.32 Å². The van der Waals surface area contributed by atoms with E-state index in [1.807, 2.05) is 7.05 Å². The summed E-state index contributed by atoms with van der Waals surface area (Å²) in [6, 6.07) is 4.69. The highest BCUT2D eigenvalue weighted by Gasteiger charge is 2.07. The van der Waals surface area contributed by atoms with E-state index >= 15 is 0 Å². The maximum absolute atomic E-state index is 13.5. The van der Waals surface area contributed by atoms with Crippen LogP contribution in [0.25, 0.3) is 5.69 Å². The quantitative estimate of drug-likeness (QED) is 0.936. The standard InChI is InChI=1S/C10H10BrFN4/c1-13-5-8-6-16(15-14-8)10-4-7(11)2-3-9(10)12/h2-4,6,13H,5H2,1H3. The Kier molecular flexibility index (Phi) is 3.31. The van der Waals surface area contributed by atoms with Gasteiger partial charge in [-0.05, 0) is 25.2 Å². The number of nitrogens with one attached hydrogen (secondary N) is 1. The molecule has 1 N–H and O–H groups in total. The average Bonchev–Trinajstić information content (AvgIpc) is 2.71. The number of rotatable bonds is 3. The van der Waals surface area contributed by atoms with Crippen molar-refractivity contribution in [1.29, 1.82) is 0 Å². The number of halogens is 2. The van der Waals surface area contributed by atoms with E-state index in [2.05, 4.69) is 31.6 Å². The number of aromatic nitrogens is 3. The van der Waals surface area contributed by atoms with Crippen LogP contribution in [0.15, 0.2) is 28.9 Å². The minimum atomic E-state index is -0.330. The lowest BCUT2D eigenvalue weighted by atomic mass is 10.3. The molecule has 0 saturated carbocycles. The molecule has 2 rings (SSSR count). The van der Waals surface area contributed by atoms with Gasteiger partial charge in [0.1, 0.15) is 11.5 Å². The van der Waals surface area contributed by atoms with Crippen molar-refractivity contribution in [1.82, 2.24) is 20.3 Å². The molecule has 0 atom stereocenters. The number of hydrogen-bond acceptors (Lipinski definition) is 3. The molecular formula is C10H10BrFN4. The van der Waals surface area contributed by atoms with Gasteiger partial charge in [-0.1, -0.05) is 21.1 Å². The highest BCUT2D eigenvalue weighted by atomic mass is 79.9. The zero-order valence-electron chi connectivity index (χ0n) is 8.61. The van der Waals surface area contributed by atoms with E-state index in [4.69, 9.17) is 0 Å². The average molecular weight is 285 g/mol. The summed E-state index contributed by atoms with van der Waals surface area (Å²) in [5.41, 5.74) is 1.14. The molecule has 84 valence electrons. The smallest absolute Gasteiger partial charge is 0.148 e. The second-order valence-electron chi connectivity index (χ2n) is 3.28. The molecule has 4 nitrogen and oxygen atoms in total. The van der Waals surface area contributed by atoms with Gasteiger partial charge in [0.25, 0.3) is 0 Å². The van der Waals surface area contributed by atoms with Crippen LogP contribution >= 0.6 is 15.9 Å². The predicted molar refractivity (Wildman–Crippen MR) is 61.8 cm³/mol. The summed E-state index contributed by atoms with van der Waals surface area (Å²) in [5, 5.41) is 10.8. The third-order valence-electron chi connectivity index (χ3n) is 2.05. The minimum Gasteiger partial charge on any atom is -0.314 e. The van der Waals surface area contributed by atoms with Crippen molar-refractivity contribution < 1.29 is 4.39 Å². The summed E-state index contributed by atoms with van der Waals surface area (Å²) >= 11 is 3.29. The molecule has 1 heterocycles. The fourth-order valence-electron chi connectivity index (χ4n) is 1.34. The monoisotopic (exact) mass is 284 g/mol. The topological polar surface area (TPSA) is 42.7 Å². The van der Waals surface area contributed by atoms with Crippen LogP contribution in [-0.2, 0) is 6.54 Å². The highest BCUT2D eigenvalue weighted by Crippen LogP contribution is 2.18. The molecule has 2 aromatic rings. The zero-order valence-corrected chi connectivity index (χ0v) is 10.2. The van der Waals surface area contributed by atoms with Gasteiger partial charge in [-0.15, -0.1) is 5.10 Å². The molecule has 0 unspecified atom stereocenters. The first-order chi connectivity index (χ1) is 7.70. The molecule has 16 heavy (non-hydrogen) atoms. The summed E-state index contributed by atoms with van der Waals surface area (Å²) in [4.78, 5) is 0. The lowest BCUT2D eigenvalue weighted by Crippen LogP contribution is -2.05. The Hall–Kier alpha value is -1.27. The Bertz CT molecular complexity index is 497. The highest BCUT2D eigenvalue weighted by molar-refractivity contribution is 9.10. The van der Waals surface area contributed by atoms with E-state index in [-0.39, 0.29) is 5.82 Å². The normalized spacial score (nSPS) is 10.7. The second-order valence-corrected chi connectivity index (χ2v) is 4.20. The fraction of sp³-hybridized carbons (Fsp3) is 0.200. The number of hydrogen-bond donors (Lipinski definition) is 1. The van der Waals surface area contributed by atoms with Crippen LogP contribution in [0.4, 0.5) is 4.39 Å². The lowest BCUT2D eigenvalue weighted by molar-refractivity contribution is 0.606. The van der Waals surface area contributed by atoms with Gasteiger partial charge in [0.2, 0.25) is 0 Å². The van der Waals surface area contributed by atoms with Crippen LogP contribution in [0.3, 0.4) is 0 Å². The Balaban J connectivity index is 2.38. The minimum absolute atomic E-state index is 0.330. The lowest BCUT2D eigenvalue weighted by Gasteiger charge is -2.02. The Labute approximate surface area is 101 Å². The van der Waals surface area contributed by atoms with E-state index in [0.29, 0.717) is 12.2 Å². The fourth-order valence-corrected chi connectivity index (χ4v) is 1.69. The first-order valence-corrected chi connectivity index (χ1v) is 5.51. The van der Waals surface area contributed by atoms with Crippen LogP contribution in [0.1, 0.15) is 5.69 Å². The van der Waals surface area contributed by atoms with Crippen molar-refractivity contribution in [2.45, 2.75) is 6.54 Å². The molecule has 0 aliphatic carbocycles. The van der Waals surface area contributed by atoms with Crippen molar-refractivity contribution >= 4 is 15.9 Å². The summed E-state index contributed by atoms with van der Waals surface area (Å²) in [7, 11) is 1.82. The first kappa shape index (κ1) is 11.2. The third-order valence-corrected chi connectivity index (χ3v) is 2.55.